The molecule has 0 atom stereocenters. The second-order valence-electron chi connectivity index (χ2n) is 7.55. The molecule has 1 aliphatic rings. The van der Waals surface area contributed by atoms with Crippen molar-refractivity contribution in [1.29, 1.82) is 0 Å². The summed E-state index contributed by atoms with van der Waals surface area (Å²) in [6, 6.07) is 12.7. The van der Waals surface area contributed by atoms with Gasteiger partial charge in [-0.3, -0.25) is 4.99 Å². The van der Waals surface area contributed by atoms with Crippen molar-refractivity contribution >= 4 is 29.9 Å². The van der Waals surface area contributed by atoms with Crippen molar-refractivity contribution in [2.75, 3.05) is 41.9 Å². The van der Waals surface area contributed by atoms with Crippen LogP contribution in [0, 0.1) is 0 Å². The van der Waals surface area contributed by atoms with Crippen molar-refractivity contribution in [3.8, 4) is 11.5 Å². The van der Waals surface area contributed by atoms with E-state index in [4.69, 9.17) is 9.47 Å². The zero-order chi connectivity index (χ0) is 20.8. The summed E-state index contributed by atoms with van der Waals surface area (Å²) in [5.74, 6) is 2.48. The van der Waals surface area contributed by atoms with E-state index in [9.17, 15) is 0 Å². The van der Waals surface area contributed by atoms with E-state index in [2.05, 4.69) is 70.6 Å². The van der Waals surface area contributed by atoms with E-state index in [0.717, 1.165) is 50.1 Å². The maximum Gasteiger partial charge on any atom is 0.194 e. The Morgan fingerprint density at radius 2 is 1.70 bits per heavy atom. The van der Waals surface area contributed by atoms with Crippen LogP contribution in [0.2, 0.25) is 0 Å². The maximum atomic E-state index is 5.48. The molecule has 0 spiro atoms. The van der Waals surface area contributed by atoms with Crippen LogP contribution in [0.4, 0.5) is 0 Å². The summed E-state index contributed by atoms with van der Waals surface area (Å²) in [5, 5.41) is 3.55. The summed E-state index contributed by atoms with van der Waals surface area (Å²) in [5.41, 5.74) is 5.20. The largest absolute Gasteiger partial charge is 0.493 e. The number of benzene rings is 2. The van der Waals surface area contributed by atoms with Crippen LogP contribution in [-0.4, -0.2) is 57.7 Å². The van der Waals surface area contributed by atoms with E-state index in [1.807, 2.05) is 7.05 Å². The van der Waals surface area contributed by atoms with Gasteiger partial charge in [0.15, 0.2) is 17.5 Å². The molecular formula is C23H33IN4O2. The predicted molar refractivity (Wildman–Crippen MR) is 133 cm³/mol. The average Bonchev–Trinajstić information content (AvgIpc) is 2.73. The molecule has 0 unspecified atom stereocenters. The molecule has 0 amide bonds. The van der Waals surface area contributed by atoms with Crippen molar-refractivity contribution in [1.82, 2.24) is 15.1 Å². The minimum absolute atomic E-state index is 0. The Kier molecular flexibility index (Phi) is 9.23. The molecule has 0 fully saturated rings. The number of fused-ring (bicyclic) bond motifs is 1. The third-order valence-electron chi connectivity index (χ3n) is 5.27. The number of nitrogens with one attached hydrogen (secondary N) is 1. The van der Waals surface area contributed by atoms with Gasteiger partial charge in [-0.05, 0) is 54.9 Å². The lowest BCUT2D eigenvalue weighted by Crippen LogP contribution is -2.43. The number of guanidine groups is 1. The SMILES string of the molecule is CN=C(NCc1ccccc1CN(C)C)N1CCc2cc(OC)c(OC)cc2C1.I. The standard InChI is InChI=1S/C23H32N4O2.HI/c1-24-23(25-14-18-8-6-7-9-19(18)15-26(2)3)27-11-10-17-12-21(28-4)22(29-5)13-20(17)16-27;/h6-9,12-13H,10-11,14-16H2,1-5H3,(H,24,25);1H. The number of aliphatic imine (C=N–C) groups is 1. The zero-order valence-corrected chi connectivity index (χ0v) is 20.9. The van der Waals surface area contributed by atoms with Gasteiger partial charge in [-0.2, -0.15) is 0 Å². The van der Waals surface area contributed by atoms with Gasteiger partial charge in [0.1, 0.15) is 0 Å². The Balaban J connectivity index is 0.00000320. The predicted octanol–water partition coefficient (Wildman–Crippen LogP) is 3.52. The van der Waals surface area contributed by atoms with Gasteiger partial charge in [-0.25, -0.2) is 0 Å². The summed E-state index contributed by atoms with van der Waals surface area (Å²) in [4.78, 5) is 9.02. The maximum absolute atomic E-state index is 5.48. The van der Waals surface area contributed by atoms with Gasteiger partial charge < -0.3 is 24.6 Å². The van der Waals surface area contributed by atoms with Crippen molar-refractivity contribution < 1.29 is 9.47 Å². The number of methoxy groups -OCH3 is 2. The fourth-order valence-electron chi connectivity index (χ4n) is 3.80. The molecule has 2 aromatic rings. The van der Waals surface area contributed by atoms with E-state index in [1.165, 1.54) is 22.3 Å². The Bertz CT molecular complexity index is 870. The summed E-state index contributed by atoms with van der Waals surface area (Å²) >= 11 is 0. The van der Waals surface area contributed by atoms with Crippen LogP contribution in [0.3, 0.4) is 0 Å². The fraction of sp³-hybridized carbons (Fsp3) is 0.435. The molecule has 6 nitrogen and oxygen atoms in total. The van der Waals surface area contributed by atoms with Crippen LogP contribution >= 0.6 is 24.0 Å². The van der Waals surface area contributed by atoms with Gasteiger partial charge >= 0.3 is 0 Å². The van der Waals surface area contributed by atoms with Gasteiger partial charge in [0, 0.05) is 33.2 Å². The first-order valence-corrected chi connectivity index (χ1v) is 9.96. The van der Waals surface area contributed by atoms with Crippen LogP contribution in [0.5, 0.6) is 11.5 Å². The van der Waals surface area contributed by atoms with E-state index in [0.29, 0.717) is 0 Å². The molecule has 2 aromatic carbocycles. The Morgan fingerprint density at radius 1 is 1.07 bits per heavy atom. The lowest BCUT2D eigenvalue weighted by molar-refractivity contribution is 0.346. The topological polar surface area (TPSA) is 49.3 Å². The molecule has 0 aromatic heterocycles. The van der Waals surface area contributed by atoms with Crippen molar-refractivity contribution in [3.63, 3.8) is 0 Å². The molecule has 1 aliphatic heterocycles. The Labute approximate surface area is 197 Å². The molecular weight excluding hydrogens is 491 g/mol. The monoisotopic (exact) mass is 524 g/mol. The Hall–Kier alpha value is -2.00. The molecule has 0 saturated heterocycles. The smallest absolute Gasteiger partial charge is 0.194 e. The van der Waals surface area contributed by atoms with E-state index in [-0.39, 0.29) is 24.0 Å². The van der Waals surface area contributed by atoms with Crippen molar-refractivity contribution in [3.05, 3.63) is 58.7 Å². The van der Waals surface area contributed by atoms with Crippen molar-refractivity contribution in [2.24, 2.45) is 4.99 Å². The normalized spacial score (nSPS) is 13.5. The van der Waals surface area contributed by atoms with Crippen LogP contribution in [-0.2, 0) is 26.1 Å². The highest BCUT2D eigenvalue weighted by atomic mass is 127. The minimum Gasteiger partial charge on any atom is -0.493 e. The first-order valence-electron chi connectivity index (χ1n) is 9.96. The molecule has 7 heteroatoms. The Morgan fingerprint density at radius 3 is 2.30 bits per heavy atom. The van der Waals surface area contributed by atoms with Crippen LogP contribution in [0.15, 0.2) is 41.4 Å². The summed E-state index contributed by atoms with van der Waals surface area (Å²) in [6.07, 6.45) is 0.952. The first kappa shape index (κ1) is 24.3. The zero-order valence-electron chi connectivity index (χ0n) is 18.6. The molecule has 0 bridgehead atoms. The second kappa shape index (κ2) is 11.4. The van der Waals surface area contributed by atoms with Crippen LogP contribution < -0.4 is 14.8 Å². The number of hydrogen-bond donors (Lipinski definition) is 1. The van der Waals surface area contributed by atoms with Gasteiger partial charge in [-0.1, -0.05) is 24.3 Å². The molecule has 1 N–H and O–H groups in total. The highest BCUT2D eigenvalue weighted by Gasteiger charge is 2.21. The molecule has 0 aliphatic carbocycles. The molecule has 1 heterocycles. The second-order valence-corrected chi connectivity index (χ2v) is 7.55. The van der Waals surface area contributed by atoms with E-state index < -0.39 is 0 Å². The molecule has 0 radical (unpaired) electrons. The fourth-order valence-corrected chi connectivity index (χ4v) is 3.80. The van der Waals surface area contributed by atoms with E-state index in [1.54, 1.807) is 14.2 Å². The average molecular weight is 524 g/mol. The van der Waals surface area contributed by atoms with E-state index >= 15 is 0 Å². The number of nitrogens with zero attached hydrogens (tertiary/aromatic N) is 3. The number of ether oxygens (including phenoxy) is 2. The highest BCUT2D eigenvalue weighted by molar-refractivity contribution is 14.0. The van der Waals surface area contributed by atoms with Crippen molar-refractivity contribution in [2.45, 2.75) is 26.1 Å². The van der Waals surface area contributed by atoms with Gasteiger partial charge in [-0.15, -0.1) is 24.0 Å². The number of rotatable bonds is 6. The molecule has 30 heavy (non-hydrogen) atoms. The van der Waals surface area contributed by atoms with Gasteiger partial charge in [0.05, 0.1) is 14.2 Å². The van der Waals surface area contributed by atoms with Gasteiger partial charge in [0.25, 0.3) is 0 Å². The van der Waals surface area contributed by atoms with Gasteiger partial charge in [0.2, 0.25) is 0 Å². The summed E-state index contributed by atoms with van der Waals surface area (Å²) in [7, 11) is 9.39. The quantitative estimate of drug-likeness (QED) is 0.356. The molecule has 164 valence electrons. The third kappa shape index (κ3) is 5.78. The van der Waals surface area contributed by atoms with Crippen LogP contribution in [0.1, 0.15) is 22.3 Å². The highest BCUT2D eigenvalue weighted by Crippen LogP contribution is 2.33. The number of hydrogen-bond acceptors (Lipinski definition) is 4. The van der Waals surface area contributed by atoms with Crippen LogP contribution in [0.25, 0.3) is 0 Å². The lowest BCUT2D eigenvalue weighted by Gasteiger charge is -2.32. The molecule has 3 rings (SSSR count). The third-order valence-corrected chi connectivity index (χ3v) is 5.27. The molecule has 0 saturated carbocycles. The first-order chi connectivity index (χ1) is 14.0. The number of halogens is 1. The minimum atomic E-state index is 0. The lowest BCUT2D eigenvalue weighted by atomic mass is 9.99. The summed E-state index contributed by atoms with van der Waals surface area (Å²) in [6.45, 7) is 3.40. The summed E-state index contributed by atoms with van der Waals surface area (Å²) < 4.78 is 10.9.